The van der Waals surface area contributed by atoms with Crippen LogP contribution in [0, 0.1) is 0 Å². The predicted molar refractivity (Wildman–Crippen MR) is 141 cm³/mol. The van der Waals surface area contributed by atoms with E-state index >= 15 is 0 Å². The number of nitrogens with zero attached hydrogens (tertiary/aromatic N) is 3. The monoisotopic (exact) mass is 533 g/mol. The van der Waals surface area contributed by atoms with Gasteiger partial charge in [-0.2, -0.15) is 5.10 Å². The number of ether oxygens (including phenoxy) is 2. The van der Waals surface area contributed by atoms with Gasteiger partial charge < -0.3 is 19.7 Å². The lowest BCUT2D eigenvalue weighted by Gasteiger charge is -2.34. The minimum Gasteiger partial charge on any atom is -0.493 e. The van der Waals surface area contributed by atoms with Crippen LogP contribution in [0.15, 0.2) is 59.5 Å². The van der Waals surface area contributed by atoms with Crippen LogP contribution in [0.2, 0.25) is 5.02 Å². The van der Waals surface area contributed by atoms with E-state index in [1.807, 2.05) is 29.2 Å². The quantitative estimate of drug-likeness (QED) is 0.435. The molecular formula is C25H29Cl2N5O4. The minimum absolute atomic E-state index is 0. The summed E-state index contributed by atoms with van der Waals surface area (Å²) in [7, 11) is 1.55. The van der Waals surface area contributed by atoms with Crippen LogP contribution in [0.3, 0.4) is 0 Å². The molecule has 4 rings (SSSR count). The number of carbonyl (C=O) groups is 1. The predicted octanol–water partition coefficient (Wildman–Crippen LogP) is 3.19. The van der Waals surface area contributed by atoms with Gasteiger partial charge in [0.25, 0.3) is 11.5 Å². The van der Waals surface area contributed by atoms with Gasteiger partial charge in [-0.1, -0.05) is 48.0 Å². The van der Waals surface area contributed by atoms with E-state index in [1.165, 1.54) is 11.8 Å². The summed E-state index contributed by atoms with van der Waals surface area (Å²) in [5.74, 6) is 0.944. The number of hydrogen-bond acceptors (Lipinski definition) is 7. The lowest BCUT2D eigenvalue weighted by Crippen LogP contribution is -2.49. The van der Waals surface area contributed by atoms with E-state index in [0.29, 0.717) is 36.8 Å². The number of carbonyl (C=O) groups excluding carboxylic acids is 1. The Morgan fingerprint density at radius 2 is 1.83 bits per heavy atom. The highest BCUT2D eigenvalue weighted by atomic mass is 35.5. The fourth-order valence-corrected chi connectivity index (χ4v) is 4.03. The number of aromatic amines is 1. The lowest BCUT2D eigenvalue weighted by atomic mass is 10.2. The molecule has 2 aromatic carbocycles. The summed E-state index contributed by atoms with van der Waals surface area (Å²) in [6.07, 6.45) is 1.45. The van der Waals surface area contributed by atoms with E-state index in [4.69, 9.17) is 21.1 Å². The summed E-state index contributed by atoms with van der Waals surface area (Å²) in [5, 5.41) is 9.15. The Morgan fingerprint density at radius 1 is 1.08 bits per heavy atom. The van der Waals surface area contributed by atoms with Crippen molar-refractivity contribution >= 4 is 35.6 Å². The zero-order chi connectivity index (χ0) is 24.6. The molecule has 0 radical (unpaired) electrons. The maximum atomic E-state index is 12.8. The van der Waals surface area contributed by atoms with Gasteiger partial charge in [0.15, 0.2) is 18.1 Å². The molecular weight excluding hydrogens is 505 g/mol. The van der Waals surface area contributed by atoms with Gasteiger partial charge in [-0.05, 0) is 23.3 Å². The van der Waals surface area contributed by atoms with Crippen LogP contribution < -0.4 is 20.3 Å². The normalized spacial score (nSPS) is 13.6. The number of anilines is 1. The van der Waals surface area contributed by atoms with E-state index in [2.05, 4.69) is 32.5 Å². The Labute approximate surface area is 220 Å². The van der Waals surface area contributed by atoms with E-state index in [-0.39, 0.29) is 29.9 Å². The van der Waals surface area contributed by atoms with E-state index in [1.54, 1.807) is 19.2 Å². The first-order chi connectivity index (χ1) is 17.0. The highest BCUT2D eigenvalue weighted by molar-refractivity contribution is 6.32. The molecule has 0 aliphatic carbocycles. The van der Waals surface area contributed by atoms with Crippen molar-refractivity contribution in [2.24, 2.45) is 0 Å². The number of halogens is 2. The van der Waals surface area contributed by atoms with Gasteiger partial charge in [-0.15, -0.1) is 12.4 Å². The molecule has 3 aromatic rings. The van der Waals surface area contributed by atoms with Crippen LogP contribution >= 0.6 is 24.0 Å². The number of amides is 1. The van der Waals surface area contributed by atoms with Crippen molar-refractivity contribution in [3.8, 4) is 11.5 Å². The molecule has 0 bridgehead atoms. The lowest BCUT2D eigenvalue weighted by molar-refractivity contribution is -0.135. The molecule has 0 spiro atoms. The molecule has 1 fully saturated rings. The van der Waals surface area contributed by atoms with Gasteiger partial charge >= 0.3 is 0 Å². The average Bonchev–Trinajstić information content (AvgIpc) is 2.89. The molecule has 9 nitrogen and oxygen atoms in total. The third kappa shape index (κ3) is 7.13. The molecule has 0 unspecified atom stereocenters. The first-order valence-electron chi connectivity index (χ1n) is 11.3. The molecule has 0 saturated carbocycles. The van der Waals surface area contributed by atoms with Crippen molar-refractivity contribution in [3.63, 3.8) is 0 Å². The van der Waals surface area contributed by atoms with Crippen LogP contribution in [-0.4, -0.2) is 65.8 Å². The van der Waals surface area contributed by atoms with Gasteiger partial charge in [0.1, 0.15) is 5.02 Å². The molecule has 2 N–H and O–H groups in total. The minimum atomic E-state index is -0.463. The second-order valence-corrected chi connectivity index (χ2v) is 8.57. The molecule has 2 heterocycles. The Balaban J connectivity index is 0.00000361. The molecule has 1 aliphatic heterocycles. The first-order valence-corrected chi connectivity index (χ1v) is 11.7. The summed E-state index contributed by atoms with van der Waals surface area (Å²) in [6.45, 7) is 4.17. The van der Waals surface area contributed by atoms with Crippen LogP contribution in [0.5, 0.6) is 11.5 Å². The highest BCUT2D eigenvalue weighted by Gasteiger charge is 2.22. The van der Waals surface area contributed by atoms with E-state index in [9.17, 15) is 9.59 Å². The standard InChI is InChI=1S/C25H28ClN5O4.ClH/c1-34-21-8-7-19(14-27-20-15-28-29-25(33)24(20)26)13-22(21)35-17-23(32)31-11-9-30(10-12-31)16-18-5-3-2-4-6-18;/h2-8,13,15H,9-12,14,16-17H2,1H3,(H2,27,29,33);1H. The fourth-order valence-electron chi connectivity index (χ4n) is 3.88. The topological polar surface area (TPSA) is 99.8 Å². The van der Waals surface area contributed by atoms with Crippen LogP contribution in [0.1, 0.15) is 11.1 Å². The fraction of sp³-hybridized carbons (Fsp3) is 0.320. The molecule has 36 heavy (non-hydrogen) atoms. The molecule has 1 aromatic heterocycles. The number of aromatic nitrogens is 2. The Hall–Kier alpha value is -3.27. The van der Waals surface area contributed by atoms with Gasteiger partial charge in [0.05, 0.1) is 19.0 Å². The number of piperazine rings is 1. The molecule has 1 amide bonds. The number of hydrogen-bond donors (Lipinski definition) is 2. The summed E-state index contributed by atoms with van der Waals surface area (Å²) < 4.78 is 11.2. The number of nitrogens with one attached hydrogen (secondary N) is 2. The third-order valence-electron chi connectivity index (χ3n) is 5.83. The summed E-state index contributed by atoms with van der Waals surface area (Å²) in [6, 6.07) is 15.8. The molecule has 11 heteroatoms. The van der Waals surface area contributed by atoms with Gasteiger partial charge in [0.2, 0.25) is 0 Å². The second kappa shape index (κ2) is 13.2. The summed E-state index contributed by atoms with van der Waals surface area (Å²) >= 11 is 6.01. The second-order valence-electron chi connectivity index (χ2n) is 8.20. The number of methoxy groups -OCH3 is 1. The maximum absolute atomic E-state index is 12.8. The van der Waals surface area contributed by atoms with Crippen LogP contribution in [0.4, 0.5) is 5.69 Å². The molecule has 1 saturated heterocycles. The van der Waals surface area contributed by atoms with Crippen LogP contribution in [-0.2, 0) is 17.9 Å². The zero-order valence-corrected chi connectivity index (χ0v) is 21.5. The van der Waals surface area contributed by atoms with Gasteiger partial charge in [-0.25, -0.2) is 5.10 Å². The van der Waals surface area contributed by atoms with Crippen molar-refractivity contribution in [2.45, 2.75) is 13.1 Å². The molecule has 192 valence electrons. The summed E-state index contributed by atoms with van der Waals surface area (Å²) in [5.41, 5.74) is 2.10. The smallest absolute Gasteiger partial charge is 0.285 e. The highest BCUT2D eigenvalue weighted by Crippen LogP contribution is 2.29. The van der Waals surface area contributed by atoms with Crippen molar-refractivity contribution in [3.05, 3.63) is 81.2 Å². The van der Waals surface area contributed by atoms with Gasteiger partial charge in [-0.3, -0.25) is 14.5 Å². The Morgan fingerprint density at radius 3 is 2.56 bits per heavy atom. The number of H-pyrrole nitrogens is 1. The zero-order valence-electron chi connectivity index (χ0n) is 19.9. The Bertz CT molecular complexity index is 1200. The maximum Gasteiger partial charge on any atom is 0.285 e. The average molecular weight is 534 g/mol. The first kappa shape index (κ1) is 27.3. The SMILES string of the molecule is COc1ccc(CNc2cn[nH]c(=O)c2Cl)cc1OCC(=O)N1CCN(Cc2ccccc2)CC1.Cl. The largest absolute Gasteiger partial charge is 0.493 e. The van der Waals surface area contributed by atoms with Gasteiger partial charge in [0, 0.05) is 39.3 Å². The van der Waals surface area contributed by atoms with Crippen LogP contribution in [0.25, 0.3) is 0 Å². The van der Waals surface area contributed by atoms with Crippen molar-refractivity contribution in [1.82, 2.24) is 20.0 Å². The molecule has 1 aliphatic rings. The third-order valence-corrected chi connectivity index (χ3v) is 6.21. The summed E-state index contributed by atoms with van der Waals surface area (Å²) in [4.78, 5) is 28.6. The molecule has 0 atom stereocenters. The van der Waals surface area contributed by atoms with E-state index in [0.717, 1.165) is 25.2 Å². The van der Waals surface area contributed by atoms with Crippen molar-refractivity contribution < 1.29 is 14.3 Å². The number of rotatable bonds is 9. The van der Waals surface area contributed by atoms with Crippen molar-refractivity contribution in [2.75, 3.05) is 45.2 Å². The Kier molecular flexibility index (Phi) is 9.98. The van der Waals surface area contributed by atoms with Crippen molar-refractivity contribution in [1.29, 1.82) is 0 Å². The van der Waals surface area contributed by atoms with E-state index < -0.39 is 5.56 Å². The number of benzene rings is 2.